The van der Waals surface area contributed by atoms with Crippen molar-refractivity contribution < 1.29 is 14.3 Å². The number of benzene rings is 1. The Balaban J connectivity index is 2.24. The number of carbonyl (C=O) groups excluding carboxylic acids is 2. The number of ether oxygens (including phenoxy) is 1. The molecule has 1 aromatic rings. The zero-order chi connectivity index (χ0) is 12.3. The fourth-order valence-electron chi connectivity index (χ4n) is 2.00. The van der Waals surface area contributed by atoms with E-state index in [2.05, 4.69) is 4.74 Å². The van der Waals surface area contributed by atoms with E-state index < -0.39 is 0 Å². The minimum atomic E-state index is -0.376. The van der Waals surface area contributed by atoms with Crippen molar-refractivity contribution in [2.24, 2.45) is 0 Å². The van der Waals surface area contributed by atoms with Crippen LogP contribution in [0.4, 0.5) is 0 Å². The predicted molar refractivity (Wildman–Crippen MR) is 64.8 cm³/mol. The summed E-state index contributed by atoms with van der Waals surface area (Å²) >= 11 is 0. The van der Waals surface area contributed by atoms with Crippen LogP contribution in [0, 0.1) is 0 Å². The lowest BCUT2D eigenvalue weighted by molar-refractivity contribution is -0.134. The summed E-state index contributed by atoms with van der Waals surface area (Å²) in [4.78, 5) is 22.6. The summed E-state index contributed by atoms with van der Waals surface area (Å²) in [6, 6.07) is 5.65. The van der Waals surface area contributed by atoms with Crippen molar-refractivity contribution in [2.75, 3.05) is 7.11 Å². The molecule has 0 saturated heterocycles. The summed E-state index contributed by atoms with van der Waals surface area (Å²) in [5, 5.41) is 0. The standard InChI is InChI=1S/C14H14O3/c1-17-14(16)8-6-10-5-7-12-11(9-10)3-2-4-13(12)15/h5-9H,2-4H2,1H3. The summed E-state index contributed by atoms with van der Waals surface area (Å²) in [7, 11) is 1.35. The number of carbonyl (C=O) groups is 2. The van der Waals surface area contributed by atoms with E-state index in [1.54, 1.807) is 6.08 Å². The predicted octanol–water partition coefficient (Wildman–Crippen LogP) is 2.39. The summed E-state index contributed by atoms with van der Waals surface area (Å²) in [6.07, 6.45) is 5.57. The molecule has 0 N–H and O–H groups in total. The van der Waals surface area contributed by atoms with Crippen LogP contribution >= 0.6 is 0 Å². The van der Waals surface area contributed by atoms with Crippen LogP contribution in [0.2, 0.25) is 0 Å². The number of esters is 1. The maximum atomic E-state index is 11.6. The Morgan fingerprint density at radius 3 is 2.94 bits per heavy atom. The zero-order valence-electron chi connectivity index (χ0n) is 9.73. The fraction of sp³-hybridized carbons (Fsp3) is 0.286. The highest BCUT2D eigenvalue weighted by atomic mass is 16.5. The van der Waals surface area contributed by atoms with Gasteiger partial charge in [-0.25, -0.2) is 4.79 Å². The first-order valence-electron chi connectivity index (χ1n) is 5.63. The van der Waals surface area contributed by atoms with E-state index in [4.69, 9.17) is 0 Å². The van der Waals surface area contributed by atoms with Crippen LogP contribution in [-0.4, -0.2) is 18.9 Å². The van der Waals surface area contributed by atoms with E-state index in [-0.39, 0.29) is 11.8 Å². The molecule has 0 radical (unpaired) electrons. The second kappa shape index (κ2) is 4.95. The van der Waals surface area contributed by atoms with E-state index >= 15 is 0 Å². The van der Waals surface area contributed by atoms with Gasteiger partial charge in [0.15, 0.2) is 5.78 Å². The molecule has 1 aromatic carbocycles. The van der Waals surface area contributed by atoms with Crippen molar-refractivity contribution in [3.63, 3.8) is 0 Å². The van der Waals surface area contributed by atoms with Crippen molar-refractivity contribution in [3.05, 3.63) is 41.0 Å². The van der Waals surface area contributed by atoms with Crippen molar-refractivity contribution in [3.8, 4) is 0 Å². The van der Waals surface area contributed by atoms with Crippen LogP contribution < -0.4 is 0 Å². The van der Waals surface area contributed by atoms with E-state index in [9.17, 15) is 9.59 Å². The first-order valence-corrected chi connectivity index (χ1v) is 5.63. The lowest BCUT2D eigenvalue weighted by Crippen LogP contribution is -2.10. The molecule has 0 unspecified atom stereocenters. The third-order valence-corrected chi connectivity index (χ3v) is 2.89. The number of Topliss-reactive ketones (excluding diaryl/α,β-unsaturated/α-hetero) is 1. The molecule has 0 aromatic heterocycles. The number of ketones is 1. The number of fused-ring (bicyclic) bond motifs is 1. The highest BCUT2D eigenvalue weighted by molar-refractivity contribution is 5.98. The Kier molecular flexibility index (Phi) is 3.38. The minimum Gasteiger partial charge on any atom is -0.466 e. The average molecular weight is 230 g/mol. The molecule has 0 amide bonds. The highest BCUT2D eigenvalue weighted by Crippen LogP contribution is 2.22. The molecule has 0 aliphatic heterocycles. The molecule has 0 fully saturated rings. The topological polar surface area (TPSA) is 43.4 Å². The van der Waals surface area contributed by atoms with Crippen LogP contribution in [0.1, 0.15) is 34.3 Å². The molecule has 0 spiro atoms. The summed E-state index contributed by atoms with van der Waals surface area (Å²) < 4.78 is 4.52. The van der Waals surface area contributed by atoms with Crippen molar-refractivity contribution in [2.45, 2.75) is 19.3 Å². The van der Waals surface area contributed by atoms with Gasteiger partial charge in [-0.05, 0) is 30.0 Å². The van der Waals surface area contributed by atoms with Gasteiger partial charge in [0.05, 0.1) is 7.11 Å². The number of methoxy groups -OCH3 is 1. The molecule has 88 valence electrons. The molecule has 1 aliphatic carbocycles. The quantitative estimate of drug-likeness (QED) is 0.578. The Bertz CT molecular complexity index is 486. The molecule has 17 heavy (non-hydrogen) atoms. The average Bonchev–Trinajstić information content (AvgIpc) is 2.36. The van der Waals surface area contributed by atoms with Crippen LogP contribution in [0.15, 0.2) is 24.3 Å². The molecule has 3 heteroatoms. The zero-order valence-corrected chi connectivity index (χ0v) is 9.73. The van der Waals surface area contributed by atoms with Crippen molar-refractivity contribution in [1.82, 2.24) is 0 Å². The Hall–Kier alpha value is -1.90. The monoisotopic (exact) mass is 230 g/mol. The highest BCUT2D eigenvalue weighted by Gasteiger charge is 2.16. The number of rotatable bonds is 2. The minimum absolute atomic E-state index is 0.217. The number of hydrogen-bond donors (Lipinski definition) is 0. The van der Waals surface area contributed by atoms with Crippen LogP contribution in [-0.2, 0) is 16.0 Å². The Morgan fingerprint density at radius 1 is 1.35 bits per heavy atom. The fourth-order valence-corrected chi connectivity index (χ4v) is 2.00. The number of aryl methyl sites for hydroxylation is 1. The number of hydrogen-bond acceptors (Lipinski definition) is 3. The molecule has 2 rings (SSSR count). The van der Waals surface area contributed by atoms with Gasteiger partial charge in [0.2, 0.25) is 0 Å². The smallest absolute Gasteiger partial charge is 0.330 e. The third kappa shape index (κ3) is 2.61. The van der Waals surface area contributed by atoms with Gasteiger partial charge in [-0.3, -0.25) is 4.79 Å². The summed E-state index contributed by atoms with van der Waals surface area (Å²) in [5.74, 6) is -0.159. The Morgan fingerprint density at radius 2 is 2.18 bits per heavy atom. The molecule has 0 saturated carbocycles. The third-order valence-electron chi connectivity index (χ3n) is 2.89. The molecule has 3 nitrogen and oxygen atoms in total. The normalized spacial score (nSPS) is 14.8. The van der Waals surface area contributed by atoms with Gasteiger partial charge in [-0.1, -0.05) is 18.2 Å². The van der Waals surface area contributed by atoms with Gasteiger partial charge in [0.25, 0.3) is 0 Å². The summed E-state index contributed by atoms with van der Waals surface area (Å²) in [6.45, 7) is 0. The maximum absolute atomic E-state index is 11.6. The van der Waals surface area contributed by atoms with Gasteiger partial charge in [-0.15, -0.1) is 0 Å². The molecular weight excluding hydrogens is 216 g/mol. The van der Waals surface area contributed by atoms with Gasteiger partial charge >= 0.3 is 5.97 Å². The van der Waals surface area contributed by atoms with E-state index in [0.29, 0.717) is 6.42 Å². The molecule has 0 bridgehead atoms. The lowest BCUT2D eigenvalue weighted by Gasteiger charge is -2.14. The first kappa shape index (κ1) is 11.6. The van der Waals surface area contributed by atoms with E-state index in [1.165, 1.54) is 13.2 Å². The van der Waals surface area contributed by atoms with Gasteiger partial charge in [-0.2, -0.15) is 0 Å². The van der Waals surface area contributed by atoms with Crippen LogP contribution in [0.25, 0.3) is 6.08 Å². The lowest BCUT2D eigenvalue weighted by atomic mass is 9.89. The maximum Gasteiger partial charge on any atom is 0.330 e. The van der Waals surface area contributed by atoms with E-state index in [1.807, 2.05) is 18.2 Å². The van der Waals surface area contributed by atoms with Gasteiger partial charge < -0.3 is 4.74 Å². The second-order valence-electron chi connectivity index (χ2n) is 4.05. The molecule has 0 heterocycles. The van der Waals surface area contributed by atoms with Crippen molar-refractivity contribution in [1.29, 1.82) is 0 Å². The Labute approximate surface area is 100 Å². The largest absolute Gasteiger partial charge is 0.466 e. The summed E-state index contributed by atoms with van der Waals surface area (Å²) in [5.41, 5.74) is 2.82. The molecule has 0 atom stereocenters. The van der Waals surface area contributed by atoms with Crippen LogP contribution in [0.5, 0.6) is 0 Å². The van der Waals surface area contributed by atoms with E-state index in [0.717, 1.165) is 29.5 Å². The van der Waals surface area contributed by atoms with Crippen LogP contribution in [0.3, 0.4) is 0 Å². The van der Waals surface area contributed by atoms with Gasteiger partial charge in [0.1, 0.15) is 0 Å². The molecule has 1 aliphatic rings. The second-order valence-corrected chi connectivity index (χ2v) is 4.05. The van der Waals surface area contributed by atoms with Gasteiger partial charge in [0, 0.05) is 18.1 Å². The molecular formula is C14H14O3. The first-order chi connectivity index (χ1) is 8.20. The SMILES string of the molecule is COC(=O)C=Cc1ccc2c(c1)CCCC2=O. The van der Waals surface area contributed by atoms with Crippen molar-refractivity contribution >= 4 is 17.8 Å².